The number of hydrogen-bond donors (Lipinski definition) is 1. The van der Waals surface area contributed by atoms with Crippen LogP contribution < -0.4 is 10.1 Å². The lowest BCUT2D eigenvalue weighted by Crippen LogP contribution is -2.21. The van der Waals surface area contributed by atoms with Crippen LogP contribution in [0.2, 0.25) is 0 Å². The first-order valence-corrected chi connectivity index (χ1v) is 9.30. The number of non-ortho nitro benzene ring substituents is 1. The predicted octanol–water partition coefficient (Wildman–Crippen LogP) is 3.34. The van der Waals surface area contributed by atoms with Crippen molar-refractivity contribution >= 4 is 33.9 Å². The lowest BCUT2D eigenvalue weighted by atomic mass is 10.1. The Bertz CT molecular complexity index is 875. The summed E-state index contributed by atoms with van der Waals surface area (Å²) in [7, 11) is 0. The van der Waals surface area contributed by atoms with E-state index in [0.717, 1.165) is 29.7 Å². The normalized spacial score (nSPS) is 12.3. The molecule has 8 nitrogen and oxygen atoms in total. The molecule has 0 fully saturated rings. The molecular formula is C18H18N2O6S. The molecule has 142 valence electrons. The fraction of sp³-hybridized carbons (Fsp3) is 0.333. The van der Waals surface area contributed by atoms with E-state index in [0.29, 0.717) is 16.3 Å². The zero-order chi connectivity index (χ0) is 19.4. The number of anilines is 1. The molecule has 27 heavy (non-hydrogen) atoms. The van der Waals surface area contributed by atoms with E-state index in [1.54, 1.807) is 6.92 Å². The third kappa shape index (κ3) is 4.25. The Kier molecular flexibility index (Phi) is 5.70. The van der Waals surface area contributed by atoms with Crippen LogP contribution in [-0.2, 0) is 22.4 Å². The van der Waals surface area contributed by atoms with Gasteiger partial charge in [0.05, 0.1) is 17.1 Å². The molecule has 9 heteroatoms. The molecular weight excluding hydrogens is 372 g/mol. The molecule has 1 aliphatic rings. The molecule has 0 saturated heterocycles. The minimum absolute atomic E-state index is 0.0565. The second kappa shape index (κ2) is 8.17. The van der Waals surface area contributed by atoms with Gasteiger partial charge in [-0.3, -0.25) is 14.9 Å². The molecule has 1 N–H and O–H groups in total. The molecule has 1 heterocycles. The van der Waals surface area contributed by atoms with Gasteiger partial charge < -0.3 is 14.8 Å². The Morgan fingerprint density at radius 2 is 2.00 bits per heavy atom. The number of aryl methyl sites for hydroxylation is 1. The van der Waals surface area contributed by atoms with Crippen LogP contribution in [0.3, 0.4) is 0 Å². The first-order chi connectivity index (χ1) is 13.0. The third-order valence-electron chi connectivity index (χ3n) is 4.07. The second-order valence-corrected chi connectivity index (χ2v) is 6.97. The average Bonchev–Trinajstić information content (AvgIpc) is 3.21. The number of ether oxygens (including phenoxy) is 2. The highest BCUT2D eigenvalue weighted by atomic mass is 32.1. The van der Waals surface area contributed by atoms with E-state index in [1.807, 2.05) is 0 Å². The molecule has 1 amide bonds. The SMILES string of the molecule is CCOC(=O)c1c(NC(=O)COc2ccc([N+](=O)[O-])cc2)sc2c1CCC2. The van der Waals surface area contributed by atoms with Gasteiger partial charge >= 0.3 is 5.97 Å². The number of hydrogen-bond acceptors (Lipinski definition) is 7. The smallest absolute Gasteiger partial charge is 0.341 e. The fourth-order valence-electron chi connectivity index (χ4n) is 2.89. The van der Waals surface area contributed by atoms with E-state index in [-0.39, 0.29) is 18.9 Å². The minimum atomic E-state index is -0.511. The molecule has 1 aromatic carbocycles. The molecule has 1 aliphatic carbocycles. The zero-order valence-electron chi connectivity index (χ0n) is 14.6. The van der Waals surface area contributed by atoms with Gasteiger partial charge in [0.25, 0.3) is 11.6 Å². The molecule has 0 atom stereocenters. The van der Waals surface area contributed by atoms with E-state index in [2.05, 4.69) is 5.32 Å². The molecule has 0 unspecified atom stereocenters. The monoisotopic (exact) mass is 390 g/mol. The summed E-state index contributed by atoms with van der Waals surface area (Å²) in [6, 6.07) is 5.45. The highest BCUT2D eigenvalue weighted by Gasteiger charge is 2.28. The van der Waals surface area contributed by atoms with E-state index in [1.165, 1.54) is 35.6 Å². The Morgan fingerprint density at radius 1 is 1.26 bits per heavy atom. The Morgan fingerprint density at radius 3 is 2.67 bits per heavy atom. The van der Waals surface area contributed by atoms with Crippen molar-refractivity contribution in [3.63, 3.8) is 0 Å². The van der Waals surface area contributed by atoms with Gasteiger partial charge in [0.2, 0.25) is 0 Å². The highest BCUT2D eigenvalue weighted by molar-refractivity contribution is 7.17. The number of fused-ring (bicyclic) bond motifs is 1. The second-order valence-electron chi connectivity index (χ2n) is 5.87. The van der Waals surface area contributed by atoms with Crippen molar-refractivity contribution < 1.29 is 24.0 Å². The maximum Gasteiger partial charge on any atom is 0.341 e. The summed E-state index contributed by atoms with van der Waals surface area (Å²) in [4.78, 5) is 35.7. The van der Waals surface area contributed by atoms with Crippen LogP contribution in [-0.4, -0.2) is 30.0 Å². The number of amides is 1. The summed E-state index contributed by atoms with van der Waals surface area (Å²) < 4.78 is 10.5. The Labute approximate surface area is 159 Å². The van der Waals surface area contributed by atoms with Crippen LogP contribution >= 0.6 is 11.3 Å². The number of nitro benzene ring substituents is 1. The van der Waals surface area contributed by atoms with E-state index >= 15 is 0 Å². The lowest BCUT2D eigenvalue weighted by Gasteiger charge is -2.09. The summed E-state index contributed by atoms with van der Waals surface area (Å²) >= 11 is 1.39. The summed E-state index contributed by atoms with van der Waals surface area (Å²) in [5.41, 5.74) is 1.35. The number of nitro groups is 1. The van der Waals surface area contributed by atoms with Crippen molar-refractivity contribution in [2.45, 2.75) is 26.2 Å². The van der Waals surface area contributed by atoms with Crippen molar-refractivity contribution in [3.05, 3.63) is 50.4 Å². The number of thiophene rings is 1. The Hall–Kier alpha value is -2.94. The van der Waals surface area contributed by atoms with Gasteiger partial charge in [-0.1, -0.05) is 0 Å². The van der Waals surface area contributed by atoms with Crippen LogP contribution in [0.15, 0.2) is 24.3 Å². The number of benzene rings is 1. The quantitative estimate of drug-likeness (QED) is 0.441. The molecule has 1 aromatic heterocycles. The molecule has 2 aromatic rings. The maximum atomic E-state index is 12.3. The van der Waals surface area contributed by atoms with Gasteiger partial charge in [-0.2, -0.15) is 0 Å². The zero-order valence-corrected chi connectivity index (χ0v) is 15.5. The van der Waals surface area contributed by atoms with Gasteiger partial charge in [0, 0.05) is 17.0 Å². The maximum absolute atomic E-state index is 12.3. The number of nitrogens with zero attached hydrogens (tertiary/aromatic N) is 1. The standard InChI is InChI=1S/C18H18N2O6S/c1-2-25-18(22)16-13-4-3-5-14(13)27-17(16)19-15(21)10-26-12-8-6-11(7-9-12)20(23)24/h6-9H,2-5,10H2,1H3,(H,19,21). The van der Waals surface area contributed by atoms with Crippen molar-refractivity contribution in [1.29, 1.82) is 0 Å². The first-order valence-electron chi connectivity index (χ1n) is 8.48. The Balaban J connectivity index is 1.65. The fourth-order valence-corrected chi connectivity index (χ4v) is 4.18. The number of carbonyl (C=O) groups excluding carboxylic acids is 2. The highest BCUT2D eigenvalue weighted by Crippen LogP contribution is 2.39. The molecule has 0 bridgehead atoms. The predicted molar refractivity (Wildman–Crippen MR) is 99.5 cm³/mol. The molecule has 3 rings (SSSR count). The van der Waals surface area contributed by atoms with Gasteiger partial charge in [-0.15, -0.1) is 11.3 Å². The van der Waals surface area contributed by atoms with Crippen LogP contribution in [0.25, 0.3) is 0 Å². The summed E-state index contributed by atoms with van der Waals surface area (Å²) in [6.07, 6.45) is 2.68. The van der Waals surface area contributed by atoms with Crippen LogP contribution in [0, 0.1) is 10.1 Å². The van der Waals surface area contributed by atoms with Gasteiger partial charge in [0.15, 0.2) is 6.61 Å². The number of rotatable bonds is 7. The van der Waals surface area contributed by atoms with E-state index in [4.69, 9.17) is 9.47 Å². The first kappa shape index (κ1) is 18.8. The summed E-state index contributed by atoms with van der Waals surface area (Å²) in [5.74, 6) is -0.502. The van der Waals surface area contributed by atoms with E-state index in [9.17, 15) is 19.7 Å². The lowest BCUT2D eigenvalue weighted by molar-refractivity contribution is -0.384. The van der Waals surface area contributed by atoms with Gasteiger partial charge in [-0.05, 0) is 43.9 Å². The van der Waals surface area contributed by atoms with Crippen molar-refractivity contribution in [2.24, 2.45) is 0 Å². The van der Waals surface area contributed by atoms with Gasteiger partial charge in [-0.25, -0.2) is 4.79 Å². The molecule has 0 saturated carbocycles. The minimum Gasteiger partial charge on any atom is -0.484 e. The number of nitrogens with one attached hydrogen (secondary N) is 1. The average molecular weight is 390 g/mol. The third-order valence-corrected chi connectivity index (χ3v) is 5.28. The largest absolute Gasteiger partial charge is 0.484 e. The van der Waals surface area contributed by atoms with Crippen molar-refractivity contribution in [3.8, 4) is 5.75 Å². The molecule has 0 spiro atoms. The summed E-state index contributed by atoms with van der Waals surface area (Å²) in [5, 5.41) is 13.8. The van der Waals surface area contributed by atoms with Gasteiger partial charge in [0.1, 0.15) is 10.8 Å². The van der Waals surface area contributed by atoms with Crippen LogP contribution in [0.5, 0.6) is 5.75 Å². The van der Waals surface area contributed by atoms with E-state index < -0.39 is 16.8 Å². The number of esters is 1. The number of carbonyl (C=O) groups is 2. The van der Waals surface area contributed by atoms with Crippen LogP contribution in [0.4, 0.5) is 10.7 Å². The van der Waals surface area contributed by atoms with Crippen LogP contribution in [0.1, 0.15) is 34.1 Å². The topological polar surface area (TPSA) is 108 Å². The molecule has 0 aliphatic heterocycles. The summed E-state index contributed by atoms with van der Waals surface area (Å²) in [6.45, 7) is 1.73. The van der Waals surface area contributed by atoms with Crippen molar-refractivity contribution in [2.75, 3.05) is 18.5 Å². The molecule has 0 radical (unpaired) electrons. The van der Waals surface area contributed by atoms with Crippen molar-refractivity contribution in [1.82, 2.24) is 0 Å².